The zero-order chi connectivity index (χ0) is 53.9. The minimum Gasteiger partial charge on any atom is -0.0754 e. The first kappa shape index (κ1) is 48.6. The second-order valence-electron chi connectivity index (χ2n) is 27.2. The number of hydrogen-bond acceptors (Lipinski definition) is 0. The molecule has 0 saturated heterocycles. The van der Waals surface area contributed by atoms with Gasteiger partial charge in [0.05, 0.1) is 0 Å². The quantitative estimate of drug-likeness (QED) is 0.165. The highest BCUT2D eigenvalue weighted by Crippen LogP contribution is 2.66. The molecule has 382 valence electrons. The first-order valence-corrected chi connectivity index (χ1v) is 28.6. The van der Waals surface area contributed by atoms with Crippen LogP contribution in [0, 0.1) is 5.92 Å². The van der Waals surface area contributed by atoms with Crippen molar-refractivity contribution in [2.45, 2.75) is 111 Å². The number of fused-ring (bicyclic) bond motifs is 11. The third-order valence-corrected chi connectivity index (χ3v) is 18.1. The fourth-order valence-electron chi connectivity index (χ4n) is 14.1. The Morgan fingerprint density at radius 3 is 1.14 bits per heavy atom. The second kappa shape index (κ2) is 16.9. The van der Waals surface area contributed by atoms with E-state index in [1.54, 1.807) is 0 Å². The smallest absolute Gasteiger partial charge is 0.0212 e. The van der Waals surface area contributed by atoms with Gasteiger partial charge in [0.15, 0.2) is 0 Å². The average molecular weight is 1010 g/mol. The molecule has 0 radical (unpaired) electrons. The summed E-state index contributed by atoms with van der Waals surface area (Å²) in [5.41, 5.74) is 29.5. The molecule has 0 spiro atoms. The standard InChI is InChI=1S/C78H70/c1-75(2,3)51-37-49-39-53(77(7,8)9)43-61-63(49)59(41-51)71-65(45-25-17-13-18-26-45)57-35-33-56-55(69(57)67(73(61)71)47-29-21-15-22-30-47)34-36-58-66(46-27-19-14-20-28-46)72-60-42-52(76(4,5)6)38-50-40-54(78(10,11)12)44-62(64(50)60)74(72)68(70(56)58)48-31-23-16-24-32-48/h13-44,57,69H,1-12H3. The van der Waals surface area contributed by atoms with Crippen LogP contribution in [0.4, 0.5) is 0 Å². The summed E-state index contributed by atoms with van der Waals surface area (Å²) in [6, 6.07) is 71.0. The number of rotatable bonds is 4. The van der Waals surface area contributed by atoms with Gasteiger partial charge in [-0.1, -0.05) is 253 Å². The third kappa shape index (κ3) is 7.24. The summed E-state index contributed by atoms with van der Waals surface area (Å²) < 4.78 is 0. The molecular weight excluding hydrogens is 937 g/mol. The van der Waals surface area contributed by atoms with Crippen LogP contribution in [0.2, 0.25) is 0 Å². The molecule has 4 aliphatic carbocycles. The fourth-order valence-corrected chi connectivity index (χ4v) is 14.1. The van der Waals surface area contributed by atoms with Crippen molar-refractivity contribution in [1.29, 1.82) is 0 Å². The molecule has 0 amide bonds. The molecule has 2 atom stereocenters. The van der Waals surface area contributed by atoms with Gasteiger partial charge in [-0.25, -0.2) is 0 Å². The molecule has 10 aromatic rings. The number of hydrogen-bond donors (Lipinski definition) is 0. The summed E-state index contributed by atoms with van der Waals surface area (Å²) in [5.74, 6) is 0.0671. The van der Waals surface area contributed by atoms with Crippen LogP contribution in [0.15, 0.2) is 188 Å². The zero-order valence-corrected chi connectivity index (χ0v) is 47.6. The minimum absolute atomic E-state index is 0.00928. The largest absolute Gasteiger partial charge is 0.0754 e. The van der Waals surface area contributed by atoms with Crippen molar-refractivity contribution in [3.63, 3.8) is 0 Å². The molecule has 0 aliphatic heterocycles. The topological polar surface area (TPSA) is 0 Å². The Morgan fingerprint density at radius 1 is 0.321 bits per heavy atom. The first-order chi connectivity index (χ1) is 37.3. The SMILES string of the molecule is CC(C)(C)c1cc2c3c(cc(C(C)(C)C)cc3c1)C1=C(c3ccccc3)C3c4ccc5c(-c6ccccc6)c6c(c(-c7ccccc7)c5c4C=CC3C(c3ccccc3)=C12)-c1cc(C(C)(C)C)cc2cc(C(C)(C)C)cc-6c12. The number of allylic oxidation sites excluding steroid dienone is 5. The van der Waals surface area contributed by atoms with E-state index in [0.717, 1.165) is 0 Å². The van der Waals surface area contributed by atoms with Crippen LogP contribution in [-0.4, -0.2) is 0 Å². The molecule has 0 aromatic heterocycles. The lowest BCUT2D eigenvalue weighted by atomic mass is 9.62. The first-order valence-electron chi connectivity index (χ1n) is 28.6. The summed E-state index contributed by atoms with van der Waals surface area (Å²) in [6.07, 6.45) is 5.19. The molecule has 14 rings (SSSR count). The molecule has 0 N–H and O–H groups in total. The van der Waals surface area contributed by atoms with Gasteiger partial charge in [0.25, 0.3) is 0 Å². The summed E-state index contributed by atoms with van der Waals surface area (Å²) in [4.78, 5) is 0. The third-order valence-electron chi connectivity index (χ3n) is 18.1. The van der Waals surface area contributed by atoms with Crippen molar-refractivity contribution in [3.8, 4) is 44.5 Å². The maximum Gasteiger partial charge on any atom is 0.0212 e. The van der Waals surface area contributed by atoms with Crippen molar-refractivity contribution >= 4 is 60.7 Å². The van der Waals surface area contributed by atoms with Gasteiger partial charge >= 0.3 is 0 Å². The lowest BCUT2D eigenvalue weighted by Gasteiger charge is -2.41. The van der Waals surface area contributed by atoms with Gasteiger partial charge in [0.1, 0.15) is 0 Å². The zero-order valence-electron chi connectivity index (χ0n) is 47.6. The second-order valence-corrected chi connectivity index (χ2v) is 27.2. The van der Waals surface area contributed by atoms with Crippen molar-refractivity contribution in [2.75, 3.05) is 0 Å². The van der Waals surface area contributed by atoms with Crippen molar-refractivity contribution in [3.05, 3.63) is 244 Å². The van der Waals surface area contributed by atoms with Crippen molar-refractivity contribution in [1.82, 2.24) is 0 Å². The van der Waals surface area contributed by atoms with Crippen LogP contribution >= 0.6 is 0 Å². The van der Waals surface area contributed by atoms with E-state index in [1.165, 1.54) is 155 Å². The Labute approximate surface area is 462 Å². The Kier molecular flexibility index (Phi) is 10.5. The molecule has 10 aromatic carbocycles. The normalized spacial score (nSPS) is 16.6. The van der Waals surface area contributed by atoms with E-state index in [9.17, 15) is 0 Å². The van der Waals surface area contributed by atoms with E-state index in [0.29, 0.717) is 0 Å². The molecule has 0 saturated carbocycles. The molecule has 0 heterocycles. The molecular formula is C78H70. The predicted octanol–water partition coefficient (Wildman–Crippen LogP) is 21.6. The Bertz CT molecular complexity index is 4270. The van der Waals surface area contributed by atoms with E-state index in [4.69, 9.17) is 0 Å². The van der Waals surface area contributed by atoms with E-state index in [2.05, 4.69) is 277 Å². The van der Waals surface area contributed by atoms with Crippen LogP contribution in [0.25, 0.3) is 105 Å². The van der Waals surface area contributed by atoms with Gasteiger partial charge < -0.3 is 0 Å². The van der Waals surface area contributed by atoms with E-state index in [-0.39, 0.29) is 33.5 Å². The summed E-state index contributed by atoms with van der Waals surface area (Å²) in [6.45, 7) is 28.5. The maximum atomic E-state index is 2.63. The van der Waals surface area contributed by atoms with Gasteiger partial charge in [-0.05, 0) is 201 Å². The Hall–Kier alpha value is -7.80. The Balaban J connectivity index is 1.17. The van der Waals surface area contributed by atoms with Gasteiger partial charge in [0.2, 0.25) is 0 Å². The summed E-state index contributed by atoms with van der Waals surface area (Å²) in [5, 5.41) is 8.06. The Morgan fingerprint density at radius 2 is 0.692 bits per heavy atom. The minimum atomic E-state index is -0.0639. The van der Waals surface area contributed by atoms with Gasteiger partial charge in [-0.2, -0.15) is 0 Å². The number of benzene rings is 10. The van der Waals surface area contributed by atoms with E-state index >= 15 is 0 Å². The van der Waals surface area contributed by atoms with Crippen molar-refractivity contribution < 1.29 is 0 Å². The highest BCUT2D eigenvalue weighted by atomic mass is 14.5. The van der Waals surface area contributed by atoms with Gasteiger partial charge in [0, 0.05) is 11.8 Å². The highest BCUT2D eigenvalue weighted by molar-refractivity contribution is 6.35. The average Bonchev–Trinajstić information content (AvgIpc) is 4.14. The lowest BCUT2D eigenvalue weighted by molar-refractivity contribution is 0.589. The molecule has 4 aliphatic rings. The molecule has 0 bridgehead atoms. The molecule has 78 heavy (non-hydrogen) atoms. The highest BCUT2D eigenvalue weighted by Gasteiger charge is 2.46. The lowest BCUT2D eigenvalue weighted by Crippen LogP contribution is -2.24. The molecule has 2 unspecified atom stereocenters. The molecule has 0 nitrogen and oxygen atoms in total. The van der Waals surface area contributed by atoms with Crippen LogP contribution in [0.1, 0.15) is 145 Å². The van der Waals surface area contributed by atoms with Crippen molar-refractivity contribution in [2.24, 2.45) is 5.92 Å². The van der Waals surface area contributed by atoms with Crippen LogP contribution in [-0.2, 0) is 21.7 Å². The van der Waals surface area contributed by atoms with E-state index < -0.39 is 0 Å². The summed E-state index contributed by atoms with van der Waals surface area (Å²) >= 11 is 0. The van der Waals surface area contributed by atoms with Crippen LogP contribution in [0.3, 0.4) is 0 Å². The maximum absolute atomic E-state index is 2.63. The van der Waals surface area contributed by atoms with E-state index in [1.807, 2.05) is 0 Å². The molecule has 0 heteroatoms. The van der Waals surface area contributed by atoms with Gasteiger partial charge in [-0.15, -0.1) is 0 Å². The van der Waals surface area contributed by atoms with Gasteiger partial charge in [-0.3, -0.25) is 0 Å². The fraction of sp³-hybridized carbons (Fsp3) is 0.231. The monoisotopic (exact) mass is 1010 g/mol. The van der Waals surface area contributed by atoms with Crippen LogP contribution in [0.5, 0.6) is 0 Å². The summed E-state index contributed by atoms with van der Waals surface area (Å²) in [7, 11) is 0. The van der Waals surface area contributed by atoms with Crippen LogP contribution < -0.4 is 0 Å². The molecule has 0 fully saturated rings. The predicted molar refractivity (Wildman–Crippen MR) is 337 cm³/mol.